The van der Waals surface area contributed by atoms with Gasteiger partial charge in [-0.1, -0.05) is 69.3 Å². The van der Waals surface area contributed by atoms with Crippen molar-refractivity contribution in [3.8, 4) is 5.95 Å². The van der Waals surface area contributed by atoms with Crippen LogP contribution in [-0.2, 0) is 27.2 Å². The predicted octanol–water partition coefficient (Wildman–Crippen LogP) is 6.93. The van der Waals surface area contributed by atoms with Crippen LogP contribution >= 0.6 is 0 Å². The fourth-order valence-corrected chi connectivity index (χ4v) is 4.74. The molecule has 3 atom stereocenters. The Morgan fingerprint density at radius 2 is 1.65 bits per heavy atom. The molecule has 6 nitrogen and oxygen atoms in total. The van der Waals surface area contributed by atoms with Crippen LogP contribution in [0, 0.1) is 0 Å². The van der Waals surface area contributed by atoms with Crippen molar-refractivity contribution in [2.24, 2.45) is 0 Å². The molecule has 0 bridgehead atoms. The molecule has 1 aliphatic heterocycles. The van der Waals surface area contributed by atoms with Crippen LogP contribution in [0.4, 0.5) is 0 Å². The first-order valence-electron chi connectivity index (χ1n) is 12.6. The molecule has 3 aromatic rings. The van der Waals surface area contributed by atoms with Crippen molar-refractivity contribution in [1.82, 2.24) is 0 Å². The van der Waals surface area contributed by atoms with Gasteiger partial charge in [0.2, 0.25) is 0 Å². The van der Waals surface area contributed by atoms with Crippen molar-refractivity contribution in [2.75, 3.05) is 0 Å². The number of rotatable bonds is 9. The molecule has 4 rings (SSSR count). The lowest BCUT2D eigenvalue weighted by atomic mass is 9.99. The molecular formula is C30H36O6Si. The second-order valence-corrected chi connectivity index (χ2v) is 15.5. The maximum Gasteiger partial charge on any atom is 0.338 e. The van der Waals surface area contributed by atoms with Gasteiger partial charge in [0.05, 0.1) is 24.7 Å². The Morgan fingerprint density at radius 3 is 2.32 bits per heavy atom. The summed E-state index contributed by atoms with van der Waals surface area (Å²) in [6.45, 7) is 11.3. The number of esters is 1. The summed E-state index contributed by atoms with van der Waals surface area (Å²) >= 11 is 0. The van der Waals surface area contributed by atoms with Gasteiger partial charge >= 0.3 is 5.97 Å². The quantitative estimate of drug-likeness (QED) is 0.225. The molecule has 0 radical (unpaired) electrons. The Morgan fingerprint density at radius 1 is 0.973 bits per heavy atom. The second-order valence-electron chi connectivity index (χ2n) is 10.8. The fraction of sp³-hybridized carbons (Fsp3) is 0.367. The third-order valence-electron chi connectivity index (χ3n) is 7.03. The van der Waals surface area contributed by atoms with Gasteiger partial charge in [-0.05, 0) is 48.0 Å². The SMILES string of the molecule is CC(C)(C)[Si](C)(C)Oc1occc1C[C@H]1OC=C[C@@H](OC(=O)c2ccccc2)[C@@H]1OCc1ccccc1. The average molecular weight is 521 g/mol. The normalized spacial score (nSPS) is 19.8. The molecule has 0 unspecified atom stereocenters. The van der Waals surface area contributed by atoms with Crippen LogP contribution in [0.2, 0.25) is 18.1 Å². The predicted molar refractivity (Wildman–Crippen MR) is 145 cm³/mol. The van der Waals surface area contributed by atoms with Crippen LogP contribution in [-0.4, -0.2) is 32.6 Å². The second kappa shape index (κ2) is 11.4. The van der Waals surface area contributed by atoms with Crippen molar-refractivity contribution in [1.29, 1.82) is 0 Å². The van der Waals surface area contributed by atoms with Crippen LogP contribution in [0.25, 0.3) is 0 Å². The molecule has 37 heavy (non-hydrogen) atoms. The number of hydrogen-bond donors (Lipinski definition) is 0. The first-order chi connectivity index (χ1) is 17.6. The van der Waals surface area contributed by atoms with Gasteiger partial charge in [-0.3, -0.25) is 0 Å². The molecule has 0 N–H and O–H groups in total. The van der Waals surface area contributed by atoms with Gasteiger partial charge in [-0.15, -0.1) is 0 Å². The Balaban J connectivity index is 1.54. The zero-order valence-corrected chi connectivity index (χ0v) is 23.2. The summed E-state index contributed by atoms with van der Waals surface area (Å²) < 4.78 is 30.5. The summed E-state index contributed by atoms with van der Waals surface area (Å²) in [5.74, 6) is 0.110. The summed E-state index contributed by atoms with van der Waals surface area (Å²) in [7, 11) is -2.10. The molecule has 2 aromatic carbocycles. The van der Waals surface area contributed by atoms with E-state index in [4.69, 9.17) is 23.1 Å². The topological polar surface area (TPSA) is 67.1 Å². The van der Waals surface area contributed by atoms with E-state index in [1.54, 1.807) is 30.7 Å². The zero-order valence-electron chi connectivity index (χ0n) is 22.2. The lowest BCUT2D eigenvalue weighted by Crippen LogP contribution is -2.46. The van der Waals surface area contributed by atoms with Crippen molar-refractivity contribution in [2.45, 2.75) is 70.2 Å². The van der Waals surface area contributed by atoms with Crippen molar-refractivity contribution >= 4 is 14.3 Å². The molecule has 196 valence electrons. The molecule has 1 aliphatic rings. The van der Waals surface area contributed by atoms with E-state index in [-0.39, 0.29) is 5.04 Å². The van der Waals surface area contributed by atoms with Gasteiger partial charge in [0.25, 0.3) is 14.3 Å². The highest BCUT2D eigenvalue weighted by Crippen LogP contribution is 2.39. The summed E-state index contributed by atoms with van der Waals surface area (Å²) in [6.07, 6.45) is 3.87. The van der Waals surface area contributed by atoms with E-state index >= 15 is 0 Å². The van der Waals surface area contributed by atoms with Gasteiger partial charge in [0.1, 0.15) is 12.2 Å². The number of benzene rings is 2. The van der Waals surface area contributed by atoms with Gasteiger partial charge in [0, 0.05) is 12.0 Å². The van der Waals surface area contributed by atoms with Crippen LogP contribution < -0.4 is 4.43 Å². The van der Waals surface area contributed by atoms with E-state index in [1.165, 1.54) is 0 Å². The van der Waals surface area contributed by atoms with Crippen molar-refractivity contribution in [3.63, 3.8) is 0 Å². The molecule has 7 heteroatoms. The highest BCUT2D eigenvalue weighted by atomic mass is 28.4. The molecule has 0 saturated heterocycles. The monoisotopic (exact) mass is 520 g/mol. The number of ether oxygens (including phenoxy) is 3. The fourth-order valence-electron chi connectivity index (χ4n) is 3.79. The minimum atomic E-state index is -2.10. The molecule has 0 fully saturated rings. The third kappa shape index (κ3) is 6.73. The van der Waals surface area contributed by atoms with E-state index in [9.17, 15) is 4.79 Å². The first kappa shape index (κ1) is 26.8. The van der Waals surface area contributed by atoms with Crippen molar-refractivity contribution < 1.29 is 27.8 Å². The van der Waals surface area contributed by atoms with E-state index < -0.39 is 32.6 Å². The summed E-state index contributed by atoms with van der Waals surface area (Å²) in [5.41, 5.74) is 2.40. The van der Waals surface area contributed by atoms with Crippen LogP contribution in [0.3, 0.4) is 0 Å². The van der Waals surface area contributed by atoms with E-state index in [2.05, 4.69) is 33.9 Å². The van der Waals surface area contributed by atoms with Gasteiger partial charge in [0.15, 0.2) is 6.10 Å². The van der Waals surface area contributed by atoms with Gasteiger partial charge in [-0.2, -0.15) is 0 Å². The molecule has 0 saturated carbocycles. The van der Waals surface area contributed by atoms with Gasteiger partial charge < -0.3 is 23.1 Å². The first-order valence-corrected chi connectivity index (χ1v) is 15.5. The molecule has 0 amide bonds. The largest absolute Gasteiger partial charge is 0.518 e. The maximum atomic E-state index is 12.9. The maximum absolute atomic E-state index is 12.9. The molecule has 1 aromatic heterocycles. The zero-order chi connectivity index (χ0) is 26.5. The number of carbonyl (C=O) groups is 1. The Bertz CT molecular complexity index is 1180. The molecule has 0 aliphatic carbocycles. The minimum absolute atomic E-state index is 0.0270. The molecule has 2 heterocycles. The molecule has 0 spiro atoms. The lowest BCUT2D eigenvalue weighted by molar-refractivity contribution is -0.111. The highest BCUT2D eigenvalue weighted by molar-refractivity contribution is 6.74. The Hall–Kier alpha value is -3.29. The summed E-state index contributed by atoms with van der Waals surface area (Å²) in [5, 5.41) is 0.0270. The van der Waals surface area contributed by atoms with Crippen molar-refractivity contribution in [3.05, 3.63) is 102 Å². The molecular weight excluding hydrogens is 484 g/mol. The van der Waals surface area contributed by atoms with E-state index in [0.29, 0.717) is 24.5 Å². The van der Waals surface area contributed by atoms with Gasteiger partial charge in [-0.25, -0.2) is 4.79 Å². The summed E-state index contributed by atoms with van der Waals surface area (Å²) in [4.78, 5) is 12.9. The van der Waals surface area contributed by atoms with Crippen LogP contribution in [0.1, 0.15) is 42.3 Å². The lowest BCUT2D eigenvalue weighted by Gasteiger charge is -2.36. The standard InChI is InChI=1S/C30H36O6Si/c1-30(2,3)37(4,5)36-29-24(16-18-33-29)20-26-27(34-21-22-12-8-6-9-13-22)25(17-19-32-26)35-28(31)23-14-10-7-11-15-23/h6-19,25-27H,20-21H2,1-5H3/t25-,26-,27+/m1/s1. The van der Waals surface area contributed by atoms with Crippen LogP contribution in [0.15, 0.2) is 89.7 Å². The van der Waals surface area contributed by atoms with Crippen LogP contribution in [0.5, 0.6) is 5.95 Å². The smallest absolute Gasteiger partial charge is 0.338 e. The number of hydrogen-bond acceptors (Lipinski definition) is 6. The third-order valence-corrected chi connectivity index (χ3v) is 11.3. The minimum Gasteiger partial charge on any atom is -0.518 e. The summed E-state index contributed by atoms with van der Waals surface area (Å²) in [6, 6.07) is 20.8. The Labute approximate surface area is 220 Å². The van der Waals surface area contributed by atoms with E-state index in [1.807, 2.05) is 54.6 Å². The number of furan rings is 1. The highest BCUT2D eigenvalue weighted by Gasteiger charge is 2.41. The average Bonchev–Trinajstić information content (AvgIpc) is 3.29. The number of carbonyl (C=O) groups excluding carboxylic acids is 1. The Kier molecular flexibility index (Phi) is 8.24. The van der Waals surface area contributed by atoms with E-state index in [0.717, 1.165) is 11.1 Å².